The van der Waals surface area contributed by atoms with Crippen LogP contribution in [-0.2, 0) is 17.8 Å². The highest BCUT2D eigenvalue weighted by molar-refractivity contribution is 5.74. The van der Waals surface area contributed by atoms with Gasteiger partial charge in [0.15, 0.2) is 0 Å². The van der Waals surface area contributed by atoms with E-state index in [2.05, 4.69) is 69.1 Å². The molecule has 2 aromatic carbocycles. The number of benzene rings is 2. The van der Waals surface area contributed by atoms with E-state index >= 15 is 0 Å². The monoisotopic (exact) mass is 479 g/mol. The molecule has 1 saturated carbocycles. The van der Waals surface area contributed by atoms with Gasteiger partial charge < -0.3 is 14.9 Å². The summed E-state index contributed by atoms with van der Waals surface area (Å²) in [5.41, 5.74) is 3.12. The second-order valence-electron chi connectivity index (χ2n) is 11.0. The van der Waals surface area contributed by atoms with Gasteiger partial charge in [0.1, 0.15) is 11.9 Å². The second-order valence-corrected chi connectivity index (χ2v) is 11.0. The second kappa shape index (κ2) is 9.19. The predicted molar refractivity (Wildman–Crippen MR) is 132 cm³/mol. The minimum atomic E-state index is -0.981. The Morgan fingerprint density at radius 1 is 1.09 bits per heavy atom. The average Bonchev–Trinajstić information content (AvgIpc) is 3.08. The molecule has 186 valence electrons. The lowest BCUT2D eigenvalue weighted by Gasteiger charge is -2.15. The number of aliphatic carboxylic acids is 1. The topological polar surface area (TPSA) is 88.3 Å². The molecular weight excluding hydrogens is 445 g/mol. The molecule has 7 heteroatoms. The Morgan fingerprint density at radius 2 is 1.71 bits per heavy atom. The first-order valence-electron chi connectivity index (χ1n) is 12.1. The van der Waals surface area contributed by atoms with Crippen LogP contribution in [0, 0.1) is 16.6 Å². The van der Waals surface area contributed by atoms with Crippen molar-refractivity contribution in [2.45, 2.75) is 72.4 Å². The summed E-state index contributed by atoms with van der Waals surface area (Å²) in [7, 11) is 0. The molecule has 1 atom stereocenters. The van der Waals surface area contributed by atoms with Crippen molar-refractivity contribution in [3.8, 4) is 11.4 Å². The molecule has 1 aliphatic rings. The van der Waals surface area contributed by atoms with Crippen molar-refractivity contribution >= 4 is 5.97 Å². The smallest absolute Gasteiger partial charge is 0.321 e. The van der Waals surface area contributed by atoms with Gasteiger partial charge in [-0.2, -0.15) is 4.98 Å². The summed E-state index contributed by atoms with van der Waals surface area (Å²) >= 11 is 0. The molecule has 0 spiro atoms. The number of halogens is 1. The zero-order valence-corrected chi connectivity index (χ0v) is 21.2. The number of rotatable bonds is 9. The van der Waals surface area contributed by atoms with Gasteiger partial charge in [-0.1, -0.05) is 77.0 Å². The third-order valence-electron chi connectivity index (χ3n) is 7.92. The van der Waals surface area contributed by atoms with E-state index in [0.29, 0.717) is 23.9 Å². The minimum Gasteiger partial charge on any atom is -0.480 e. The van der Waals surface area contributed by atoms with Crippen molar-refractivity contribution in [3.63, 3.8) is 0 Å². The normalized spacial score (nSPS) is 17.5. The van der Waals surface area contributed by atoms with E-state index in [1.807, 2.05) is 12.1 Å². The maximum absolute atomic E-state index is 15.0. The highest BCUT2D eigenvalue weighted by atomic mass is 19.1. The van der Waals surface area contributed by atoms with E-state index in [1.54, 1.807) is 12.1 Å². The Morgan fingerprint density at radius 3 is 2.26 bits per heavy atom. The van der Waals surface area contributed by atoms with E-state index in [9.17, 15) is 14.3 Å². The fourth-order valence-electron chi connectivity index (χ4n) is 4.89. The molecule has 1 aromatic heterocycles. The lowest BCUT2D eigenvalue weighted by atomic mass is 10.0. The number of carbonyl (C=O) groups is 1. The Labute approximate surface area is 206 Å². The van der Waals surface area contributed by atoms with Gasteiger partial charge in [-0.15, -0.1) is 0 Å². The van der Waals surface area contributed by atoms with Crippen LogP contribution >= 0.6 is 0 Å². The quantitative estimate of drug-likeness (QED) is 0.395. The van der Waals surface area contributed by atoms with Gasteiger partial charge in [0, 0.05) is 12.5 Å². The van der Waals surface area contributed by atoms with Crippen molar-refractivity contribution in [1.82, 2.24) is 15.5 Å². The Bertz CT molecular complexity index is 1200. The number of nitrogens with one attached hydrogen (secondary N) is 1. The summed E-state index contributed by atoms with van der Waals surface area (Å²) < 4.78 is 20.5. The first-order chi connectivity index (χ1) is 16.4. The van der Waals surface area contributed by atoms with Crippen molar-refractivity contribution in [2.24, 2.45) is 10.8 Å². The first kappa shape index (κ1) is 25.0. The van der Waals surface area contributed by atoms with E-state index < -0.39 is 17.8 Å². The van der Waals surface area contributed by atoms with Crippen molar-refractivity contribution in [1.29, 1.82) is 0 Å². The van der Waals surface area contributed by atoms with Crippen LogP contribution in [0.15, 0.2) is 47.0 Å². The third-order valence-corrected chi connectivity index (χ3v) is 7.92. The molecule has 0 aliphatic heterocycles. The molecule has 0 amide bonds. The van der Waals surface area contributed by atoms with Gasteiger partial charge in [0.25, 0.3) is 0 Å². The lowest BCUT2D eigenvalue weighted by Crippen LogP contribution is -2.38. The maximum atomic E-state index is 15.0. The molecule has 6 nitrogen and oxygen atoms in total. The molecule has 3 aromatic rings. The Kier molecular flexibility index (Phi) is 6.58. The van der Waals surface area contributed by atoms with E-state index in [0.717, 1.165) is 5.56 Å². The van der Waals surface area contributed by atoms with Gasteiger partial charge in [0.2, 0.25) is 11.7 Å². The van der Waals surface area contributed by atoms with Crippen molar-refractivity contribution in [3.05, 3.63) is 70.9 Å². The van der Waals surface area contributed by atoms with Crippen LogP contribution in [0.3, 0.4) is 0 Å². The Balaban J connectivity index is 1.43. The SMILES string of the molecule is CC(C)c1ccc(CNC(Cc2ccc(-c3noc(C4C(C)(C)C4(C)C)n3)c(F)c2)C(=O)O)cc1. The molecule has 1 unspecified atom stereocenters. The van der Waals surface area contributed by atoms with Crippen LogP contribution < -0.4 is 5.32 Å². The van der Waals surface area contributed by atoms with Crippen LogP contribution in [0.5, 0.6) is 0 Å². The lowest BCUT2D eigenvalue weighted by molar-refractivity contribution is -0.139. The fourth-order valence-corrected chi connectivity index (χ4v) is 4.89. The predicted octanol–water partition coefficient (Wildman–Crippen LogP) is 5.93. The van der Waals surface area contributed by atoms with Gasteiger partial charge in [0.05, 0.1) is 5.56 Å². The molecule has 35 heavy (non-hydrogen) atoms. The summed E-state index contributed by atoms with van der Waals surface area (Å²) in [6, 6.07) is 11.9. The van der Waals surface area contributed by atoms with Crippen LogP contribution in [0.2, 0.25) is 0 Å². The molecule has 1 heterocycles. The van der Waals surface area contributed by atoms with Gasteiger partial charge in [-0.3, -0.25) is 4.79 Å². The van der Waals surface area contributed by atoms with Gasteiger partial charge in [-0.25, -0.2) is 4.39 Å². The summed E-state index contributed by atoms with van der Waals surface area (Å²) in [6.07, 6.45) is 0.151. The number of carboxylic acid groups (broad SMARTS) is 1. The molecule has 0 radical (unpaired) electrons. The van der Waals surface area contributed by atoms with Crippen molar-refractivity contribution < 1.29 is 18.8 Å². The van der Waals surface area contributed by atoms with Crippen LogP contribution in [0.1, 0.15) is 76.0 Å². The number of aromatic nitrogens is 2. The molecule has 2 N–H and O–H groups in total. The maximum Gasteiger partial charge on any atom is 0.321 e. The summed E-state index contributed by atoms with van der Waals surface area (Å²) in [6.45, 7) is 13.3. The third kappa shape index (κ3) is 4.87. The minimum absolute atomic E-state index is 0.0362. The zero-order chi connectivity index (χ0) is 25.5. The highest BCUT2D eigenvalue weighted by Crippen LogP contribution is 2.73. The average molecular weight is 480 g/mol. The summed E-state index contributed by atoms with van der Waals surface area (Å²) in [5, 5.41) is 16.8. The standard InChI is InChI=1S/C28H34FN3O3/c1-16(2)19-10-7-17(8-11-19)15-30-22(26(33)34)14-18-9-12-20(21(29)13-18)24-31-25(35-32-24)23-27(3,4)28(23,5)6/h7-13,16,22-23,30H,14-15H2,1-6H3,(H,33,34). The molecule has 0 saturated heterocycles. The number of hydrogen-bond acceptors (Lipinski definition) is 5. The molecule has 1 fully saturated rings. The molecular formula is C28H34FN3O3. The highest BCUT2D eigenvalue weighted by Gasteiger charge is 2.68. The summed E-state index contributed by atoms with van der Waals surface area (Å²) in [4.78, 5) is 16.3. The van der Waals surface area contributed by atoms with Crippen LogP contribution in [-0.4, -0.2) is 27.3 Å². The van der Waals surface area contributed by atoms with Crippen molar-refractivity contribution in [2.75, 3.05) is 0 Å². The molecule has 1 aliphatic carbocycles. The number of carboxylic acids is 1. The largest absolute Gasteiger partial charge is 0.480 e. The van der Waals surface area contributed by atoms with Crippen LogP contribution in [0.25, 0.3) is 11.4 Å². The van der Waals surface area contributed by atoms with E-state index in [-0.39, 0.29) is 34.6 Å². The summed E-state index contributed by atoms with van der Waals surface area (Å²) in [5.74, 6) is -0.186. The first-order valence-corrected chi connectivity index (χ1v) is 12.1. The van der Waals surface area contributed by atoms with Crippen LogP contribution in [0.4, 0.5) is 4.39 Å². The van der Waals surface area contributed by atoms with E-state index in [1.165, 1.54) is 11.6 Å². The van der Waals surface area contributed by atoms with Gasteiger partial charge >= 0.3 is 5.97 Å². The fraction of sp³-hybridized carbons (Fsp3) is 0.464. The van der Waals surface area contributed by atoms with Gasteiger partial charge in [-0.05, 0) is 52.0 Å². The number of nitrogens with zero attached hydrogens (tertiary/aromatic N) is 2. The molecule has 4 rings (SSSR count). The van der Waals surface area contributed by atoms with E-state index in [4.69, 9.17) is 4.52 Å². The number of hydrogen-bond donors (Lipinski definition) is 2. The molecule has 0 bridgehead atoms. The Hall–Kier alpha value is -3.06. The zero-order valence-electron chi connectivity index (χ0n) is 21.2.